The van der Waals surface area contributed by atoms with Crippen LogP contribution in [0.1, 0.15) is 16.9 Å². The lowest BCUT2D eigenvalue weighted by Crippen LogP contribution is -2.16. The second kappa shape index (κ2) is 4.24. The topological polar surface area (TPSA) is 26.3 Å². The molecule has 14 heavy (non-hydrogen) atoms. The Morgan fingerprint density at radius 1 is 1.71 bits per heavy atom. The van der Waals surface area contributed by atoms with Gasteiger partial charge in [-0.3, -0.25) is 4.79 Å². The van der Waals surface area contributed by atoms with Crippen LogP contribution in [0.15, 0.2) is 11.4 Å². The number of thiophene rings is 1. The molecule has 1 aliphatic rings. The first kappa shape index (κ1) is 9.87. The molecule has 1 saturated heterocycles. The highest BCUT2D eigenvalue weighted by atomic mass is 32.1. The molecule has 1 aliphatic heterocycles. The van der Waals surface area contributed by atoms with E-state index < -0.39 is 0 Å². The summed E-state index contributed by atoms with van der Waals surface area (Å²) in [6.45, 7) is 3.44. The van der Waals surface area contributed by atoms with Crippen LogP contribution in [-0.4, -0.2) is 19.0 Å². The van der Waals surface area contributed by atoms with Crippen molar-refractivity contribution in [1.82, 2.24) is 0 Å². The van der Waals surface area contributed by atoms with E-state index in [0.29, 0.717) is 18.8 Å². The summed E-state index contributed by atoms with van der Waals surface area (Å²) in [6.07, 6.45) is 1.49. The molecule has 0 spiro atoms. The number of Topliss-reactive ketones (excluding diaryl/α,β-unsaturated/α-hetero) is 1. The van der Waals surface area contributed by atoms with Gasteiger partial charge in [0, 0.05) is 23.8 Å². The predicted octanol–water partition coefficient (Wildman–Crippen LogP) is 2.20. The number of ketones is 1. The molecule has 1 atom stereocenters. The van der Waals surface area contributed by atoms with Gasteiger partial charge >= 0.3 is 0 Å². The van der Waals surface area contributed by atoms with Gasteiger partial charge in [-0.1, -0.05) is 0 Å². The molecule has 0 aliphatic carbocycles. The molecule has 1 unspecified atom stereocenters. The monoisotopic (exact) mass is 210 g/mol. The van der Waals surface area contributed by atoms with Crippen LogP contribution in [0.4, 0.5) is 0 Å². The van der Waals surface area contributed by atoms with Crippen LogP contribution in [0.2, 0.25) is 0 Å². The largest absolute Gasteiger partial charge is 0.381 e. The van der Waals surface area contributed by atoms with Crippen LogP contribution in [0.3, 0.4) is 0 Å². The van der Waals surface area contributed by atoms with Gasteiger partial charge < -0.3 is 4.74 Å². The third kappa shape index (κ3) is 2.22. The highest BCUT2D eigenvalue weighted by Crippen LogP contribution is 2.19. The number of ether oxygens (including phenoxy) is 1. The third-order valence-corrected chi connectivity index (χ3v) is 3.46. The summed E-state index contributed by atoms with van der Waals surface area (Å²) in [5.41, 5.74) is 1.16. The molecule has 2 nitrogen and oxygen atoms in total. The number of hydrogen-bond donors (Lipinski definition) is 0. The van der Waals surface area contributed by atoms with Gasteiger partial charge in [0.2, 0.25) is 0 Å². The average molecular weight is 210 g/mol. The van der Waals surface area contributed by atoms with Crippen molar-refractivity contribution in [3.8, 4) is 0 Å². The molecule has 2 heterocycles. The second-order valence-corrected chi connectivity index (χ2v) is 4.88. The number of hydrogen-bond acceptors (Lipinski definition) is 3. The molecule has 0 bridgehead atoms. The average Bonchev–Trinajstić information content (AvgIpc) is 2.75. The fraction of sp³-hybridized carbons (Fsp3) is 0.545. The standard InChI is InChI=1S/C11H14O2S/c1-8-4-9(7-14-8)5-11(12)10-2-3-13-6-10/h4,7,10H,2-3,5-6H2,1H3. The van der Waals surface area contributed by atoms with Crippen molar-refractivity contribution >= 4 is 17.1 Å². The molecule has 0 radical (unpaired) electrons. The maximum atomic E-state index is 11.7. The second-order valence-electron chi connectivity index (χ2n) is 3.77. The van der Waals surface area contributed by atoms with Gasteiger partial charge in [0.25, 0.3) is 0 Å². The zero-order chi connectivity index (χ0) is 9.97. The van der Waals surface area contributed by atoms with Gasteiger partial charge in [0.1, 0.15) is 5.78 Å². The molecular formula is C11H14O2S. The molecule has 0 N–H and O–H groups in total. The van der Waals surface area contributed by atoms with E-state index in [4.69, 9.17) is 4.74 Å². The first-order chi connectivity index (χ1) is 6.75. The lowest BCUT2D eigenvalue weighted by atomic mass is 9.98. The zero-order valence-electron chi connectivity index (χ0n) is 8.29. The Labute approximate surface area is 87.9 Å². The lowest BCUT2D eigenvalue weighted by Gasteiger charge is -2.04. The van der Waals surface area contributed by atoms with Crippen LogP contribution >= 0.6 is 11.3 Å². The molecular weight excluding hydrogens is 196 g/mol. The summed E-state index contributed by atoms with van der Waals surface area (Å²) in [4.78, 5) is 13.0. The van der Waals surface area contributed by atoms with Crippen molar-refractivity contribution in [2.45, 2.75) is 19.8 Å². The summed E-state index contributed by atoms with van der Waals surface area (Å²) >= 11 is 1.71. The Kier molecular flexibility index (Phi) is 2.99. The zero-order valence-corrected chi connectivity index (χ0v) is 9.10. The van der Waals surface area contributed by atoms with Crippen molar-refractivity contribution in [1.29, 1.82) is 0 Å². The summed E-state index contributed by atoms with van der Waals surface area (Å²) in [6, 6.07) is 2.10. The summed E-state index contributed by atoms with van der Waals surface area (Å²) < 4.78 is 5.20. The molecule has 2 rings (SSSR count). The minimum atomic E-state index is 0.148. The van der Waals surface area contributed by atoms with Crippen molar-refractivity contribution < 1.29 is 9.53 Å². The van der Waals surface area contributed by atoms with Gasteiger partial charge in [0.05, 0.1) is 6.61 Å². The molecule has 1 aromatic rings. The maximum absolute atomic E-state index is 11.7. The fourth-order valence-electron chi connectivity index (χ4n) is 1.72. The highest BCUT2D eigenvalue weighted by molar-refractivity contribution is 7.10. The van der Waals surface area contributed by atoms with E-state index >= 15 is 0 Å². The number of aryl methyl sites for hydroxylation is 1. The van der Waals surface area contributed by atoms with Crippen LogP contribution < -0.4 is 0 Å². The van der Waals surface area contributed by atoms with Crippen LogP contribution in [0.5, 0.6) is 0 Å². The van der Waals surface area contributed by atoms with Crippen molar-refractivity contribution in [2.24, 2.45) is 5.92 Å². The predicted molar refractivity (Wildman–Crippen MR) is 56.7 cm³/mol. The van der Waals surface area contributed by atoms with Crippen LogP contribution in [0.25, 0.3) is 0 Å². The Morgan fingerprint density at radius 3 is 3.14 bits per heavy atom. The first-order valence-electron chi connectivity index (χ1n) is 4.90. The Balaban J connectivity index is 1.93. The highest BCUT2D eigenvalue weighted by Gasteiger charge is 2.23. The molecule has 3 heteroatoms. The van der Waals surface area contributed by atoms with E-state index in [1.165, 1.54) is 4.88 Å². The van der Waals surface area contributed by atoms with E-state index in [2.05, 4.69) is 18.4 Å². The van der Waals surface area contributed by atoms with Crippen LogP contribution in [-0.2, 0) is 16.0 Å². The van der Waals surface area contributed by atoms with Crippen molar-refractivity contribution in [2.75, 3.05) is 13.2 Å². The van der Waals surface area contributed by atoms with Gasteiger partial charge in [-0.05, 0) is 30.4 Å². The summed E-state index contributed by atoms with van der Waals surface area (Å²) in [7, 11) is 0. The van der Waals surface area contributed by atoms with Crippen molar-refractivity contribution in [3.63, 3.8) is 0 Å². The van der Waals surface area contributed by atoms with E-state index in [0.717, 1.165) is 18.6 Å². The molecule has 1 aromatic heterocycles. The van der Waals surface area contributed by atoms with Crippen LogP contribution in [0, 0.1) is 12.8 Å². The Morgan fingerprint density at radius 2 is 2.57 bits per heavy atom. The molecule has 0 amide bonds. The third-order valence-electron chi connectivity index (χ3n) is 2.55. The van der Waals surface area contributed by atoms with Gasteiger partial charge in [-0.2, -0.15) is 0 Å². The van der Waals surface area contributed by atoms with Gasteiger partial charge in [0.15, 0.2) is 0 Å². The molecule has 0 aromatic carbocycles. The van der Waals surface area contributed by atoms with E-state index in [-0.39, 0.29) is 5.92 Å². The molecule has 1 fully saturated rings. The minimum Gasteiger partial charge on any atom is -0.381 e. The van der Waals surface area contributed by atoms with E-state index in [9.17, 15) is 4.79 Å². The fourth-order valence-corrected chi connectivity index (χ4v) is 2.43. The Hall–Kier alpha value is -0.670. The number of rotatable bonds is 3. The van der Waals surface area contributed by atoms with E-state index in [1.807, 2.05) is 0 Å². The summed E-state index contributed by atoms with van der Waals surface area (Å²) in [5, 5.41) is 2.07. The normalized spacial score (nSPS) is 21.4. The summed E-state index contributed by atoms with van der Waals surface area (Å²) in [5.74, 6) is 0.482. The number of carbonyl (C=O) groups excluding carboxylic acids is 1. The Bertz CT molecular complexity index is 324. The molecule has 76 valence electrons. The quantitative estimate of drug-likeness (QED) is 0.764. The van der Waals surface area contributed by atoms with E-state index in [1.54, 1.807) is 11.3 Å². The maximum Gasteiger partial charge on any atom is 0.142 e. The lowest BCUT2D eigenvalue weighted by molar-refractivity contribution is -0.122. The van der Waals surface area contributed by atoms with Gasteiger partial charge in [-0.15, -0.1) is 11.3 Å². The smallest absolute Gasteiger partial charge is 0.142 e. The SMILES string of the molecule is Cc1cc(CC(=O)C2CCOC2)cs1. The minimum absolute atomic E-state index is 0.148. The molecule has 0 saturated carbocycles. The van der Waals surface area contributed by atoms with Gasteiger partial charge in [-0.25, -0.2) is 0 Å². The van der Waals surface area contributed by atoms with Crippen molar-refractivity contribution in [3.05, 3.63) is 21.9 Å². The number of carbonyl (C=O) groups is 1. The first-order valence-corrected chi connectivity index (χ1v) is 5.78.